The normalized spacial score (nSPS) is 20.1. The fraction of sp³-hybridized carbons (Fsp3) is 0.517. The van der Waals surface area contributed by atoms with E-state index in [1.807, 2.05) is 12.1 Å². The molecular weight excluding hydrogens is 426 g/mol. The van der Waals surface area contributed by atoms with Gasteiger partial charge < -0.3 is 14.7 Å². The van der Waals surface area contributed by atoms with Crippen LogP contribution in [-0.4, -0.2) is 40.6 Å². The molecule has 34 heavy (non-hydrogen) atoms. The minimum atomic E-state index is -0.968. The van der Waals surface area contributed by atoms with Gasteiger partial charge in [-0.2, -0.15) is 0 Å². The fourth-order valence-corrected chi connectivity index (χ4v) is 5.45. The topological polar surface area (TPSA) is 66.8 Å². The fourth-order valence-electron chi connectivity index (χ4n) is 5.45. The Bertz CT molecular complexity index is 1020. The van der Waals surface area contributed by atoms with Crippen LogP contribution in [0.4, 0.5) is 0 Å². The molecule has 5 heteroatoms. The van der Waals surface area contributed by atoms with Crippen LogP contribution in [0.5, 0.6) is 5.75 Å². The van der Waals surface area contributed by atoms with Gasteiger partial charge in [-0.05, 0) is 66.5 Å². The summed E-state index contributed by atoms with van der Waals surface area (Å²) in [5.41, 5.74) is 3.75. The average molecular weight is 464 g/mol. The molecular formula is C29H37NO4. The number of ether oxygens (including phenoxy) is 1. The van der Waals surface area contributed by atoms with Gasteiger partial charge in [0.1, 0.15) is 17.9 Å². The van der Waals surface area contributed by atoms with Crippen molar-refractivity contribution in [2.75, 3.05) is 13.1 Å². The van der Waals surface area contributed by atoms with Gasteiger partial charge in [-0.15, -0.1) is 0 Å². The van der Waals surface area contributed by atoms with Crippen LogP contribution in [0, 0.1) is 5.92 Å². The molecule has 0 spiro atoms. The van der Waals surface area contributed by atoms with Gasteiger partial charge in [0.15, 0.2) is 0 Å². The summed E-state index contributed by atoms with van der Waals surface area (Å²) < 4.78 is 6.34. The molecule has 0 aromatic heterocycles. The first kappa shape index (κ1) is 24.3. The number of hydrogen-bond acceptors (Lipinski definition) is 3. The number of carbonyl (C=O) groups excluding carboxylic acids is 1. The molecule has 1 heterocycles. The molecule has 1 N–H and O–H groups in total. The molecule has 0 radical (unpaired) electrons. The molecule has 0 bridgehead atoms. The van der Waals surface area contributed by atoms with E-state index in [0.717, 1.165) is 49.8 Å². The van der Waals surface area contributed by atoms with Crippen molar-refractivity contribution >= 4 is 11.9 Å². The molecule has 1 fully saturated rings. The lowest BCUT2D eigenvalue weighted by Crippen LogP contribution is -2.39. The van der Waals surface area contributed by atoms with Crippen LogP contribution in [0.2, 0.25) is 0 Å². The van der Waals surface area contributed by atoms with Crippen LogP contribution in [0.25, 0.3) is 0 Å². The molecule has 1 aliphatic heterocycles. The molecule has 1 saturated carbocycles. The largest absolute Gasteiger partial charge is 0.487 e. The van der Waals surface area contributed by atoms with E-state index in [-0.39, 0.29) is 18.1 Å². The molecule has 1 aliphatic carbocycles. The number of nitrogens with zero attached hydrogens (tertiary/aromatic N) is 1. The van der Waals surface area contributed by atoms with Crippen molar-refractivity contribution in [1.29, 1.82) is 0 Å². The summed E-state index contributed by atoms with van der Waals surface area (Å²) in [6, 6.07) is 14.3. The third-order valence-corrected chi connectivity index (χ3v) is 7.27. The SMILES string of the molecule is CC(C)c1ccc(C[C@@]2(C)Cc3cc(C(=O)N(CC(=O)O)CC4CCCCC4)ccc3O2)cc1. The lowest BCUT2D eigenvalue weighted by atomic mass is 9.88. The van der Waals surface area contributed by atoms with Crippen LogP contribution in [0.3, 0.4) is 0 Å². The second-order valence-electron chi connectivity index (χ2n) is 10.7. The van der Waals surface area contributed by atoms with Crippen LogP contribution >= 0.6 is 0 Å². The Balaban J connectivity index is 1.46. The maximum absolute atomic E-state index is 13.3. The first-order valence-electron chi connectivity index (χ1n) is 12.6. The van der Waals surface area contributed by atoms with Crippen molar-refractivity contribution < 1.29 is 19.4 Å². The number of aliphatic carboxylic acids is 1. The number of carbonyl (C=O) groups is 2. The average Bonchev–Trinajstić information content (AvgIpc) is 3.13. The first-order valence-corrected chi connectivity index (χ1v) is 12.6. The van der Waals surface area contributed by atoms with Crippen molar-refractivity contribution in [2.24, 2.45) is 5.92 Å². The minimum absolute atomic E-state index is 0.200. The molecule has 0 saturated heterocycles. The third kappa shape index (κ3) is 5.81. The number of carboxylic acids is 1. The van der Waals surface area contributed by atoms with Gasteiger partial charge in [0, 0.05) is 24.9 Å². The number of carboxylic acid groups (broad SMARTS) is 1. The maximum atomic E-state index is 13.3. The molecule has 1 amide bonds. The molecule has 5 nitrogen and oxygen atoms in total. The molecule has 2 aromatic rings. The van der Waals surface area contributed by atoms with Crippen LogP contribution in [0.1, 0.15) is 85.8 Å². The number of rotatable bonds is 8. The Morgan fingerprint density at radius 2 is 1.79 bits per heavy atom. The molecule has 4 rings (SSSR count). The van der Waals surface area contributed by atoms with E-state index < -0.39 is 5.97 Å². The summed E-state index contributed by atoms with van der Waals surface area (Å²) in [7, 11) is 0. The van der Waals surface area contributed by atoms with E-state index in [2.05, 4.69) is 45.0 Å². The summed E-state index contributed by atoms with van der Waals surface area (Å²) >= 11 is 0. The van der Waals surface area contributed by atoms with Gasteiger partial charge >= 0.3 is 5.97 Å². The van der Waals surface area contributed by atoms with Crippen molar-refractivity contribution in [2.45, 2.75) is 77.2 Å². The van der Waals surface area contributed by atoms with Gasteiger partial charge in [0.25, 0.3) is 5.91 Å². The number of amides is 1. The Morgan fingerprint density at radius 3 is 2.44 bits per heavy atom. The first-order chi connectivity index (χ1) is 16.2. The molecule has 0 unspecified atom stereocenters. The molecule has 2 aromatic carbocycles. The van der Waals surface area contributed by atoms with Crippen molar-refractivity contribution in [1.82, 2.24) is 4.90 Å². The van der Waals surface area contributed by atoms with Gasteiger partial charge in [0.05, 0.1) is 0 Å². The lowest BCUT2D eigenvalue weighted by Gasteiger charge is -2.29. The minimum Gasteiger partial charge on any atom is -0.487 e. The van der Waals surface area contributed by atoms with Gasteiger partial charge in [-0.25, -0.2) is 0 Å². The highest BCUT2D eigenvalue weighted by molar-refractivity contribution is 5.96. The van der Waals surface area contributed by atoms with Crippen molar-refractivity contribution in [3.8, 4) is 5.75 Å². The second-order valence-corrected chi connectivity index (χ2v) is 10.7. The predicted octanol–water partition coefficient (Wildman–Crippen LogP) is 5.85. The number of fused-ring (bicyclic) bond motifs is 1. The quantitative estimate of drug-likeness (QED) is 0.533. The molecule has 182 valence electrons. The Kier molecular flexibility index (Phi) is 7.30. The summed E-state index contributed by atoms with van der Waals surface area (Å²) in [6.07, 6.45) is 7.20. The molecule has 1 atom stereocenters. The van der Waals surface area contributed by atoms with Crippen LogP contribution in [-0.2, 0) is 17.6 Å². The van der Waals surface area contributed by atoms with Gasteiger partial charge in [-0.3, -0.25) is 9.59 Å². The van der Waals surface area contributed by atoms with Crippen molar-refractivity contribution in [3.05, 3.63) is 64.7 Å². The Hall–Kier alpha value is -2.82. The highest BCUT2D eigenvalue weighted by Crippen LogP contribution is 2.38. The summed E-state index contributed by atoms with van der Waals surface area (Å²) in [5, 5.41) is 9.41. The smallest absolute Gasteiger partial charge is 0.323 e. The number of hydrogen-bond donors (Lipinski definition) is 1. The van der Waals surface area contributed by atoms with E-state index in [1.165, 1.54) is 22.4 Å². The molecule has 2 aliphatic rings. The van der Waals surface area contributed by atoms with Crippen molar-refractivity contribution in [3.63, 3.8) is 0 Å². The van der Waals surface area contributed by atoms with Crippen LogP contribution in [0.15, 0.2) is 42.5 Å². The monoisotopic (exact) mass is 463 g/mol. The van der Waals surface area contributed by atoms with Gasteiger partial charge in [-0.1, -0.05) is 57.4 Å². The summed E-state index contributed by atoms with van der Waals surface area (Å²) in [4.78, 5) is 26.3. The highest BCUT2D eigenvalue weighted by Gasteiger charge is 2.36. The zero-order chi connectivity index (χ0) is 24.3. The second kappa shape index (κ2) is 10.2. The van der Waals surface area contributed by atoms with Crippen LogP contribution < -0.4 is 4.74 Å². The highest BCUT2D eigenvalue weighted by atomic mass is 16.5. The number of benzene rings is 2. The Morgan fingerprint density at radius 1 is 1.09 bits per heavy atom. The zero-order valence-electron chi connectivity index (χ0n) is 20.7. The van der Waals surface area contributed by atoms with E-state index in [4.69, 9.17) is 4.74 Å². The van der Waals surface area contributed by atoms with E-state index >= 15 is 0 Å². The maximum Gasteiger partial charge on any atom is 0.323 e. The summed E-state index contributed by atoms with van der Waals surface area (Å²) in [6.45, 7) is 6.76. The lowest BCUT2D eigenvalue weighted by molar-refractivity contribution is -0.137. The Labute approximate surface area is 203 Å². The zero-order valence-corrected chi connectivity index (χ0v) is 20.7. The standard InChI is InChI=1S/C29H37NO4/c1-20(2)23-11-9-21(10-12-23)16-29(3)17-25-15-24(13-14-26(25)34-29)28(33)30(19-27(31)32)18-22-7-5-4-6-8-22/h9-15,20,22H,4-8,16-19H2,1-3H3,(H,31,32)/t29-/m0/s1. The third-order valence-electron chi connectivity index (χ3n) is 7.27. The van der Waals surface area contributed by atoms with Gasteiger partial charge in [0.2, 0.25) is 0 Å². The van der Waals surface area contributed by atoms with E-state index in [9.17, 15) is 14.7 Å². The van der Waals surface area contributed by atoms with E-state index in [1.54, 1.807) is 6.07 Å². The predicted molar refractivity (Wildman–Crippen MR) is 134 cm³/mol. The summed E-state index contributed by atoms with van der Waals surface area (Å²) in [5.74, 6) is 0.542. The van der Waals surface area contributed by atoms with E-state index in [0.29, 0.717) is 23.9 Å².